The standard InChI is InChI=1S/C70H81N9O9/c1-42(80)86-58-35-57(48-33-55(82)63(83)60(34-48)85-30-22-43-9-8-27-72-38-43)88-64-50(58)17-15-49-16-18-51-56-13-7-26-70(51)62(66(84)76-52-12-3-2-10-46(52)11-6-25-69(49,64)37-44-14-19-54(81)59(31-44)87-56)65(79-39-47-21-29-73-53(47)40-79)77-67(78-70)75-41-68(23-4-5-24-68)36-45-20-28-74-61(71)32-45/h8-9,14-15,17,19-21,27,29,31-34,38-40,46,49-52,56-58,62,64-66,73-74,76,81-84H,2-5,7,10,12-13,22-26,28,30,35-37,41,71H2,1H3,(H2,75,77,78)/t46-,49-,50+,51+,52-,56-,57+,58+,62-,64-,65+,66-,69-,70+/m1/s1. The highest BCUT2D eigenvalue weighted by Crippen LogP contribution is 2.56. The van der Waals surface area contributed by atoms with Gasteiger partial charge >= 0.3 is 5.97 Å². The van der Waals surface area contributed by atoms with E-state index in [-0.39, 0.29) is 53.4 Å². The maximum Gasteiger partial charge on any atom is 0.302 e. The van der Waals surface area contributed by atoms with Gasteiger partial charge in [-0.1, -0.05) is 73.8 Å². The molecule has 0 radical (unpaired) electrons. The number of hydrogen-bond donors (Lipinski definition) is 10. The lowest BCUT2D eigenvalue weighted by Gasteiger charge is -2.57. The molecule has 0 amide bonds. The summed E-state index contributed by atoms with van der Waals surface area (Å²) in [6.07, 6.45) is 26.2. The molecular formula is C70H81N9O9. The number of dihydropyridines is 1. The molecule has 11 N–H and O–H groups in total. The summed E-state index contributed by atoms with van der Waals surface area (Å²) in [6.45, 7) is 2.89. The van der Waals surface area contributed by atoms with Gasteiger partial charge in [0.2, 0.25) is 5.75 Å². The highest BCUT2D eigenvalue weighted by Gasteiger charge is 2.61. The van der Waals surface area contributed by atoms with Crippen molar-refractivity contribution in [3.8, 4) is 52.4 Å². The molecule has 18 heteroatoms. The largest absolute Gasteiger partial charge is 0.504 e. The molecule has 2 saturated heterocycles. The summed E-state index contributed by atoms with van der Waals surface area (Å²) in [6, 6.07) is 14.5. The zero-order chi connectivity index (χ0) is 60.2. The van der Waals surface area contributed by atoms with Gasteiger partial charge in [-0.25, -0.2) is 0 Å². The van der Waals surface area contributed by atoms with Crippen LogP contribution < -0.4 is 36.5 Å². The molecule has 2 aromatic carbocycles. The minimum atomic E-state index is -1.07. The van der Waals surface area contributed by atoms with Gasteiger partial charge < -0.3 is 70.6 Å². The number of H-pyrrole nitrogens is 1. The van der Waals surface area contributed by atoms with Crippen molar-refractivity contribution in [2.24, 2.45) is 51.1 Å². The number of allylic oxidation sites excluding steroid dienone is 3. The molecule has 5 aromatic rings. The van der Waals surface area contributed by atoms with Crippen molar-refractivity contribution >= 4 is 22.8 Å². The van der Waals surface area contributed by atoms with Gasteiger partial charge in [-0.3, -0.25) is 20.1 Å². The van der Waals surface area contributed by atoms with Gasteiger partial charge in [0.1, 0.15) is 24.6 Å². The lowest BCUT2D eigenvalue weighted by molar-refractivity contribution is -0.197. The molecule has 5 fully saturated rings. The van der Waals surface area contributed by atoms with E-state index < -0.39 is 77.4 Å². The van der Waals surface area contributed by atoms with Gasteiger partial charge in [0.15, 0.2) is 29.0 Å². The van der Waals surface area contributed by atoms with Crippen LogP contribution in [0.2, 0.25) is 0 Å². The number of phenols is 3. The highest BCUT2D eigenvalue weighted by molar-refractivity contribution is 5.83. The van der Waals surface area contributed by atoms with Crippen molar-refractivity contribution in [1.29, 1.82) is 0 Å². The molecule has 0 unspecified atom stereocenters. The van der Waals surface area contributed by atoms with Gasteiger partial charge in [0.05, 0.1) is 47.5 Å². The number of rotatable bonds is 11. The number of ether oxygens (including phenoxy) is 4. The van der Waals surface area contributed by atoms with E-state index in [0.717, 1.165) is 86.2 Å². The molecule has 3 saturated carbocycles. The number of aromatic nitrogens is 3. The third kappa shape index (κ3) is 11.1. The second-order valence-corrected chi connectivity index (χ2v) is 26.5. The predicted molar refractivity (Wildman–Crippen MR) is 332 cm³/mol. The number of nitrogens with zero attached hydrogens (tertiary/aromatic N) is 3. The topological polar surface area (TPSA) is 255 Å². The summed E-state index contributed by atoms with van der Waals surface area (Å²) in [5.41, 5.74) is 8.88. The molecule has 3 aromatic heterocycles. The summed E-state index contributed by atoms with van der Waals surface area (Å²) >= 11 is 0. The number of aliphatic imine (C=N–C) groups is 1. The first-order valence-electron chi connectivity index (χ1n) is 32.0. The van der Waals surface area contributed by atoms with Gasteiger partial charge in [-0.05, 0) is 128 Å². The fourth-order valence-corrected chi connectivity index (χ4v) is 16.7. The molecule has 460 valence electrons. The van der Waals surface area contributed by atoms with Gasteiger partial charge in [-0.15, -0.1) is 5.92 Å². The predicted octanol–water partition coefficient (Wildman–Crippen LogP) is 8.72. The van der Waals surface area contributed by atoms with Crippen molar-refractivity contribution in [3.63, 3.8) is 0 Å². The van der Waals surface area contributed by atoms with Crippen LogP contribution in [0.1, 0.15) is 126 Å². The number of carbonyl (C=O) groups excluding carboxylic acids is 1. The van der Waals surface area contributed by atoms with E-state index in [1.54, 1.807) is 24.5 Å². The van der Waals surface area contributed by atoms with Crippen LogP contribution in [0.5, 0.6) is 28.7 Å². The number of hydrogen-bond acceptors (Lipinski definition) is 14. The number of aromatic hydroxyl groups is 3. The summed E-state index contributed by atoms with van der Waals surface area (Å²) < 4.78 is 29.7. The number of aromatic amines is 1. The monoisotopic (exact) mass is 1190 g/mol. The lowest BCUT2D eigenvalue weighted by atomic mass is 9.57. The third-order valence-electron chi connectivity index (χ3n) is 20.9. The van der Waals surface area contributed by atoms with Crippen LogP contribution in [0.3, 0.4) is 0 Å². The van der Waals surface area contributed by atoms with E-state index in [2.05, 4.69) is 102 Å². The number of aliphatic hydroxyl groups excluding tert-OH is 1. The number of esters is 1. The second-order valence-electron chi connectivity index (χ2n) is 26.5. The highest BCUT2D eigenvalue weighted by atomic mass is 16.6. The normalized spacial score (nSPS) is 33.2. The van der Waals surface area contributed by atoms with Crippen LogP contribution in [0.25, 0.3) is 10.9 Å². The zero-order valence-corrected chi connectivity index (χ0v) is 49.9. The van der Waals surface area contributed by atoms with Gasteiger partial charge in [0.25, 0.3) is 0 Å². The number of benzene rings is 2. The Morgan fingerprint density at radius 3 is 2.70 bits per heavy atom. The SMILES string of the molecule is CC(=O)O[C@H]1C[C@@H](c2cc(O)c(O)c(OCCc3cccnc3)c2)O[C@@H]2[C@H]1C=C[C@@H]1C#C[C@H]3[C@H]4CCC[C@]35NC(=NCC3(CC6=CCNC(N)=C6)CCCC3)N[C@@H](n3cc6cc[nH]c6c3)[C@@H]5[C@@H](O)N[C@@H]3CCCC[C@@H]3C#CC[C@]21Cc1ccc(O)c(c1)O4. The van der Waals surface area contributed by atoms with E-state index in [4.69, 9.17) is 29.7 Å². The van der Waals surface area contributed by atoms with E-state index in [1.807, 2.05) is 30.5 Å². The summed E-state index contributed by atoms with van der Waals surface area (Å²) in [5.74, 6) is 13.8. The minimum Gasteiger partial charge on any atom is -0.504 e. The van der Waals surface area contributed by atoms with Crippen molar-refractivity contribution in [2.75, 3.05) is 19.7 Å². The van der Waals surface area contributed by atoms with Crippen LogP contribution >= 0.6 is 0 Å². The first kappa shape index (κ1) is 57.7. The average Bonchev–Trinajstić information content (AvgIpc) is 0.890. The minimum absolute atomic E-state index is 0.000913. The Labute approximate surface area is 513 Å². The van der Waals surface area contributed by atoms with E-state index in [0.29, 0.717) is 68.3 Å². The first-order chi connectivity index (χ1) is 42.8. The van der Waals surface area contributed by atoms with E-state index >= 15 is 0 Å². The molecule has 14 atom stereocenters. The average molecular weight is 1190 g/mol. The van der Waals surface area contributed by atoms with Gasteiger partial charge in [-0.2, -0.15) is 0 Å². The van der Waals surface area contributed by atoms with Crippen molar-refractivity contribution in [1.82, 2.24) is 35.8 Å². The molecule has 4 aliphatic carbocycles. The fraction of sp³-hybridized carbons (Fsp3) is 0.500. The molecule has 9 aliphatic rings. The molecule has 1 spiro atoms. The van der Waals surface area contributed by atoms with E-state index in [1.165, 1.54) is 18.6 Å². The Balaban J connectivity index is 0.929. The van der Waals surface area contributed by atoms with Crippen molar-refractivity contribution in [2.45, 2.75) is 158 Å². The maximum atomic E-state index is 13.5. The number of nitrogens with two attached hydrogens (primary N) is 1. The smallest absolute Gasteiger partial charge is 0.302 e. The first-order valence-corrected chi connectivity index (χ1v) is 32.0. The molecule has 18 nitrogen and oxygen atoms in total. The number of pyridine rings is 1. The summed E-state index contributed by atoms with van der Waals surface area (Å²) in [5, 5.41) is 64.4. The second kappa shape index (κ2) is 23.8. The van der Waals surface area contributed by atoms with Crippen molar-refractivity contribution in [3.05, 3.63) is 132 Å². The Bertz CT molecular complexity index is 3670. The number of carbonyl (C=O) groups is 1. The number of nitrogens with one attached hydrogen (secondary N) is 5. The van der Waals surface area contributed by atoms with Crippen LogP contribution in [0.15, 0.2) is 120 Å². The quantitative estimate of drug-likeness (QED) is 0.0257. The lowest BCUT2D eigenvalue weighted by Crippen LogP contribution is -2.75. The Hall–Kier alpha value is -8.03. The Morgan fingerprint density at radius 1 is 0.977 bits per heavy atom. The molecule has 8 heterocycles. The van der Waals surface area contributed by atoms with Crippen LogP contribution in [0, 0.1) is 64.1 Å². The fourth-order valence-electron chi connectivity index (χ4n) is 16.7. The number of aliphatic hydroxyl groups is 1. The number of guanidine groups is 1. The van der Waals surface area contributed by atoms with Crippen LogP contribution in [0.4, 0.5) is 0 Å². The van der Waals surface area contributed by atoms with E-state index in [9.17, 15) is 25.2 Å². The number of fused-ring (bicyclic) bond motifs is 5. The van der Waals surface area contributed by atoms with Gasteiger partial charge in [0, 0.05) is 105 Å². The third-order valence-corrected chi connectivity index (χ3v) is 20.9. The van der Waals surface area contributed by atoms with Crippen LogP contribution in [-0.2, 0) is 27.1 Å². The zero-order valence-electron chi connectivity index (χ0n) is 49.9. The Morgan fingerprint density at radius 2 is 1.86 bits per heavy atom. The molecule has 14 rings (SSSR count). The molecule has 88 heavy (non-hydrogen) atoms. The number of phenolic OH excluding ortho intramolecular Hbond substituents is 3. The molecule has 5 aliphatic heterocycles. The molecular weight excluding hydrogens is 1110 g/mol. The molecule has 4 bridgehead atoms. The summed E-state index contributed by atoms with van der Waals surface area (Å²) in [4.78, 5) is 26.6. The Kier molecular flexibility index (Phi) is 15.6. The maximum absolute atomic E-state index is 13.5. The summed E-state index contributed by atoms with van der Waals surface area (Å²) in [7, 11) is 0. The van der Waals surface area contributed by atoms with Crippen LogP contribution in [-0.4, -0.2) is 103 Å². The van der Waals surface area contributed by atoms with Crippen molar-refractivity contribution < 1.29 is 44.2 Å².